The molecule has 1 unspecified atom stereocenters. The van der Waals surface area contributed by atoms with E-state index in [0.29, 0.717) is 5.56 Å². The fourth-order valence-corrected chi connectivity index (χ4v) is 2.13. The number of hydrogen-bond acceptors (Lipinski definition) is 2. The van der Waals surface area contributed by atoms with E-state index in [9.17, 15) is 19.1 Å². The summed E-state index contributed by atoms with van der Waals surface area (Å²) in [4.78, 5) is 24.2. The van der Waals surface area contributed by atoms with Crippen LogP contribution in [0, 0.1) is 5.82 Å². The van der Waals surface area contributed by atoms with Crippen molar-refractivity contribution in [2.45, 2.75) is 18.8 Å². The number of nitrogens with zero attached hydrogens (tertiary/aromatic N) is 1. The van der Waals surface area contributed by atoms with E-state index in [0.717, 1.165) is 0 Å². The van der Waals surface area contributed by atoms with Gasteiger partial charge < -0.3 is 10.0 Å². The first-order valence-electron chi connectivity index (χ1n) is 5.17. The van der Waals surface area contributed by atoms with E-state index < -0.39 is 23.1 Å². The largest absolute Gasteiger partial charge is 0.481 e. The molecule has 2 rings (SSSR count). The molecule has 0 aliphatic carbocycles. The fraction of sp³-hybridized carbons (Fsp3) is 0.333. The molecular weight excluding hydrogens is 225 g/mol. The monoisotopic (exact) mass is 237 g/mol. The van der Waals surface area contributed by atoms with Crippen LogP contribution < -0.4 is 4.90 Å². The lowest BCUT2D eigenvalue weighted by Gasteiger charge is -2.36. The minimum Gasteiger partial charge on any atom is -0.481 e. The second-order valence-electron chi connectivity index (χ2n) is 4.40. The lowest BCUT2D eigenvalue weighted by atomic mass is 9.75. The second kappa shape index (κ2) is 3.55. The van der Waals surface area contributed by atoms with E-state index in [1.54, 1.807) is 6.07 Å². The Balaban J connectivity index is 2.74. The predicted molar refractivity (Wildman–Crippen MR) is 59.4 cm³/mol. The van der Waals surface area contributed by atoms with E-state index >= 15 is 0 Å². The molecule has 0 spiro atoms. The van der Waals surface area contributed by atoms with Gasteiger partial charge in [0.15, 0.2) is 0 Å². The topological polar surface area (TPSA) is 57.6 Å². The molecule has 0 radical (unpaired) electrons. The average Bonchev–Trinajstić information content (AvgIpc) is 2.25. The van der Waals surface area contributed by atoms with Crippen LogP contribution >= 0.6 is 0 Å². The molecule has 1 atom stereocenters. The van der Waals surface area contributed by atoms with Gasteiger partial charge in [-0.05, 0) is 18.6 Å². The Labute approximate surface area is 97.7 Å². The van der Waals surface area contributed by atoms with E-state index in [4.69, 9.17) is 0 Å². The van der Waals surface area contributed by atoms with Gasteiger partial charge in [-0.3, -0.25) is 9.59 Å². The minimum absolute atomic E-state index is 0.0636. The highest BCUT2D eigenvalue weighted by Crippen LogP contribution is 2.41. The first-order valence-corrected chi connectivity index (χ1v) is 5.17. The third kappa shape index (κ3) is 1.50. The number of amides is 1. The lowest BCUT2D eigenvalue weighted by Crippen LogP contribution is -2.45. The number of carbonyl (C=O) groups excluding carboxylic acids is 1. The van der Waals surface area contributed by atoms with Crippen LogP contribution in [0.4, 0.5) is 10.1 Å². The molecule has 1 aliphatic rings. The highest BCUT2D eigenvalue weighted by atomic mass is 19.1. The standard InChI is InChI=1S/C12H12FNO3/c1-12(11(16)17)6-9(15)14(2)10-7(12)4-3-5-8(10)13/h3-5H,6H2,1-2H3,(H,16,17). The molecule has 4 nitrogen and oxygen atoms in total. The molecule has 1 amide bonds. The van der Waals surface area contributed by atoms with Crippen LogP contribution in [0.25, 0.3) is 0 Å². The highest BCUT2D eigenvalue weighted by Gasteiger charge is 2.45. The minimum atomic E-state index is -1.36. The third-order valence-electron chi connectivity index (χ3n) is 3.27. The lowest BCUT2D eigenvalue weighted by molar-refractivity contribution is -0.145. The normalized spacial score (nSPS) is 23.5. The van der Waals surface area contributed by atoms with Crippen molar-refractivity contribution in [1.82, 2.24) is 0 Å². The number of carbonyl (C=O) groups is 2. The maximum Gasteiger partial charge on any atom is 0.314 e. The number of para-hydroxylation sites is 1. The number of fused-ring (bicyclic) bond motifs is 1. The number of carboxylic acid groups (broad SMARTS) is 1. The Morgan fingerprint density at radius 2 is 2.18 bits per heavy atom. The second-order valence-corrected chi connectivity index (χ2v) is 4.40. The molecule has 0 bridgehead atoms. The summed E-state index contributed by atoms with van der Waals surface area (Å²) in [6.45, 7) is 1.44. The van der Waals surface area contributed by atoms with Gasteiger partial charge in [-0.15, -0.1) is 0 Å². The highest BCUT2D eigenvalue weighted by molar-refractivity contribution is 6.03. The summed E-state index contributed by atoms with van der Waals surface area (Å²) in [5.74, 6) is -2.09. The van der Waals surface area contributed by atoms with E-state index in [1.807, 2.05) is 0 Å². The number of halogens is 1. The fourth-order valence-electron chi connectivity index (χ4n) is 2.13. The van der Waals surface area contributed by atoms with Crippen LogP contribution in [0.3, 0.4) is 0 Å². The van der Waals surface area contributed by atoms with Crippen LogP contribution in [0.15, 0.2) is 18.2 Å². The predicted octanol–water partition coefficient (Wildman–Crippen LogP) is 1.53. The molecule has 1 aliphatic heterocycles. The van der Waals surface area contributed by atoms with Crippen LogP contribution in [0.1, 0.15) is 18.9 Å². The van der Waals surface area contributed by atoms with Crippen molar-refractivity contribution >= 4 is 17.6 Å². The van der Waals surface area contributed by atoms with Gasteiger partial charge in [0, 0.05) is 13.5 Å². The van der Waals surface area contributed by atoms with Gasteiger partial charge in [0.05, 0.1) is 5.69 Å². The van der Waals surface area contributed by atoms with Crippen LogP contribution in [0.2, 0.25) is 0 Å². The van der Waals surface area contributed by atoms with E-state index in [1.165, 1.54) is 31.0 Å². The first-order chi connectivity index (χ1) is 7.88. The number of rotatable bonds is 1. The van der Waals surface area contributed by atoms with Crippen molar-refractivity contribution in [1.29, 1.82) is 0 Å². The van der Waals surface area contributed by atoms with Gasteiger partial charge in [-0.25, -0.2) is 4.39 Å². The molecule has 17 heavy (non-hydrogen) atoms. The number of anilines is 1. The van der Waals surface area contributed by atoms with Gasteiger partial charge >= 0.3 is 5.97 Å². The average molecular weight is 237 g/mol. The van der Waals surface area contributed by atoms with Gasteiger partial charge in [0.2, 0.25) is 5.91 Å². The molecule has 90 valence electrons. The van der Waals surface area contributed by atoms with Crippen LogP contribution in [0.5, 0.6) is 0 Å². The summed E-state index contributed by atoms with van der Waals surface area (Å²) in [6.07, 6.45) is -0.157. The third-order valence-corrected chi connectivity index (χ3v) is 3.27. The van der Waals surface area contributed by atoms with Crippen molar-refractivity contribution in [2.75, 3.05) is 11.9 Å². The molecule has 1 heterocycles. The van der Waals surface area contributed by atoms with Crippen LogP contribution in [-0.4, -0.2) is 24.0 Å². The van der Waals surface area contributed by atoms with Gasteiger partial charge in [0.1, 0.15) is 11.2 Å². The molecule has 0 saturated heterocycles. The smallest absolute Gasteiger partial charge is 0.314 e. The molecular formula is C12H12FNO3. The summed E-state index contributed by atoms with van der Waals surface area (Å²) >= 11 is 0. The van der Waals surface area contributed by atoms with Crippen LogP contribution in [-0.2, 0) is 15.0 Å². The van der Waals surface area contributed by atoms with E-state index in [2.05, 4.69) is 0 Å². The Kier molecular flexibility index (Phi) is 2.41. The molecule has 1 aromatic carbocycles. The number of carboxylic acids is 1. The number of benzene rings is 1. The maximum absolute atomic E-state index is 13.7. The summed E-state index contributed by atoms with van der Waals surface area (Å²) in [6, 6.07) is 4.23. The zero-order valence-electron chi connectivity index (χ0n) is 9.53. The van der Waals surface area contributed by atoms with Crippen molar-refractivity contribution in [3.8, 4) is 0 Å². The quantitative estimate of drug-likeness (QED) is 0.805. The SMILES string of the molecule is CN1C(=O)CC(C)(C(=O)O)c2cccc(F)c21. The Hall–Kier alpha value is -1.91. The molecule has 0 saturated carbocycles. The molecule has 0 fully saturated rings. The summed E-state index contributed by atoms with van der Waals surface area (Å²) in [5.41, 5.74) is -0.957. The molecule has 1 N–H and O–H groups in total. The Morgan fingerprint density at radius 1 is 1.53 bits per heavy atom. The first kappa shape index (κ1) is 11.6. The van der Waals surface area contributed by atoms with Crippen molar-refractivity contribution < 1.29 is 19.1 Å². The maximum atomic E-state index is 13.7. The Bertz CT molecular complexity index is 514. The molecule has 1 aromatic rings. The summed E-state index contributed by atoms with van der Waals surface area (Å²) < 4.78 is 13.7. The zero-order chi connectivity index (χ0) is 12.8. The summed E-state index contributed by atoms with van der Waals surface area (Å²) in [5, 5.41) is 9.25. The summed E-state index contributed by atoms with van der Waals surface area (Å²) in [7, 11) is 1.45. The van der Waals surface area contributed by atoms with E-state index in [-0.39, 0.29) is 12.1 Å². The van der Waals surface area contributed by atoms with Crippen molar-refractivity contribution in [3.63, 3.8) is 0 Å². The number of hydrogen-bond donors (Lipinski definition) is 1. The number of aliphatic carboxylic acids is 1. The van der Waals surface area contributed by atoms with Crippen molar-refractivity contribution in [3.05, 3.63) is 29.6 Å². The molecule has 0 aromatic heterocycles. The van der Waals surface area contributed by atoms with Crippen molar-refractivity contribution in [2.24, 2.45) is 0 Å². The van der Waals surface area contributed by atoms with Gasteiger partial charge in [-0.2, -0.15) is 0 Å². The van der Waals surface area contributed by atoms with Gasteiger partial charge in [0.25, 0.3) is 0 Å². The zero-order valence-corrected chi connectivity index (χ0v) is 9.53. The Morgan fingerprint density at radius 3 is 2.76 bits per heavy atom. The van der Waals surface area contributed by atoms with Gasteiger partial charge in [-0.1, -0.05) is 12.1 Å². The molecule has 5 heteroatoms.